The standard InChI is InChI=1S/C25H20N2O4S/c28-22(29)15-21-23(30)27(18-11-5-2-6-12-18)25(32-21)19-13-7-8-14-20(19)26(24(25)31)16-17-9-3-1-4-10-17/h1-14,21H,15-16H2,(H,28,29)/t21-,25+/m1/s1. The van der Waals surface area contributed by atoms with E-state index in [9.17, 15) is 19.5 Å². The molecule has 5 rings (SSSR count). The van der Waals surface area contributed by atoms with Gasteiger partial charge in [-0.1, -0.05) is 66.7 Å². The highest BCUT2D eigenvalue weighted by Crippen LogP contribution is 2.58. The lowest BCUT2D eigenvalue weighted by Crippen LogP contribution is -2.49. The van der Waals surface area contributed by atoms with Crippen molar-refractivity contribution in [2.75, 3.05) is 9.80 Å². The Hall–Kier alpha value is -3.58. The van der Waals surface area contributed by atoms with E-state index in [4.69, 9.17) is 0 Å². The first-order valence-corrected chi connectivity index (χ1v) is 11.1. The summed E-state index contributed by atoms with van der Waals surface area (Å²) in [6.07, 6.45) is -0.345. The summed E-state index contributed by atoms with van der Waals surface area (Å²) >= 11 is 1.13. The van der Waals surface area contributed by atoms with Crippen molar-refractivity contribution in [3.63, 3.8) is 0 Å². The van der Waals surface area contributed by atoms with Gasteiger partial charge in [-0.2, -0.15) is 0 Å². The van der Waals surface area contributed by atoms with Crippen LogP contribution >= 0.6 is 11.8 Å². The number of aliphatic carboxylic acids is 1. The Morgan fingerprint density at radius 1 is 0.906 bits per heavy atom. The molecule has 2 amide bonds. The molecule has 7 heteroatoms. The number of carboxylic acid groups (broad SMARTS) is 1. The van der Waals surface area contributed by atoms with Gasteiger partial charge in [-0.25, -0.2) is 0 Å². The van der Waals surface area contributed by atoms with Crippen LogP contribution < -0.4 is 9.80 Å². The minimum atomic E-state index is -1.34. The monoisotopic (exact) mass is 444 g/mol. The summed E-state index contributed by atoms with van der Waals surface area (Å²) in [6, 6.07) is 26.1. The van der Waals surface area contributed by atoms with Crippen molar-refractivity contribution in [2.24, 2.45) is 0 Å². The lowest BCUT2D eigenvalue weighted by atomic mass is 10.0. The second-order valence-electron chi connectivity index (χ2n) is 7.75. The quantitative estimate of drug-likeness (QED) is 0.643. The van der Waals surface area contributed by atoms with Crippen LogP contribution in [0.3, 0.4) is 0 Å². The maximum Gasteiger partial charge on any atom is 0.305 e. The SMILES string of the molecule is O=C(O)C[C@H]1S[C@@]2(C(=O)N(Cc3ccccc3)c3ccccc32)N(c2ccccc2)C1=O. The van der Waals surface area contributed by atoms with E-state index >= 15 is 0 Å². The van der Waals surface area contributed by atoms with Gasteiger partial charge < -0.3 is 10.0 Å². The summed E-state index contributed by atoms with van der Waals surface area (Å²) in [7, 11) is 0. The zero-order valence-electron chi connectivity index (χ0n) is 17.0. The molecule has 6 nitrogen and oxygen atoms in total. The van der Waals surface area contributed by atoms with Crippen molar-refractivity contribution < 1.29 is 19.5 Å². The van der Waals surface area contributed by atoms with E-state index in [1.54, 1.807) is 29.2 Å². The molecule has 0 unspecified atom stereocenters. The maximum absolute atomic E-state index is 14.1. The van der Waals surface area contributed by atoms with Crippen LogP contribution in [0.5, 0.6) is 0 Å². The molecule has 2 atom stereocenters. The molecule has 2 aliphatic heterocycles. The normalized spacial score (nSPS) is 21.9. The van der Waals surface area contributed by atoms with E-state index in [1.165, 1.54) is 4.90 Å². The molecule has 0 saturated carbocycles. The molecule has 0 aliphatic carbocycles. The number of carbonyl (C=O) groups excluding carboxylic acids is 2. The van der Waals surface area contributed by atoms with Crippen molar-refractivity contribution in [2.45, 2.75) is 23.1 Å². The van der Waals surface area contributed by atoms with Crippen LogP contribution in [-0.4, -0.2) is 28.1 Å². The van der Waals surface area contributed by atoms with Crippen LogP contribution in [0.25, 0.3) is 0 Å². The number of amides is 2. The van der Waals surface area contributed by atoms with Gasteiger partial charge in [0.2, 0.25) is 10.8 Å². The number of carboxylic acids is 1. The van der Waals surface area contributed by atoms with E-state index in [-0.39, 0.29) is 18.2 Å². The van der Waals surface area contributed by atoms with E-state index < -0.39 is 16.1 Å². The van der Waals surface area contributed by atoms with Gasteiger partial charge in [0, 0.05) is 11.3 Å². The predicted molar refractivity (Wildman–Crippen MR) is 123 cm³/mol. The molecule has 3 aromatic rings. The third kappa shape index (κ3) is 3.08. The lowest BCUT2D eigenvalue weighted by molar-refractivity contribution is -0.138. The average molecular weight is 445 g/mol. The molecule has 32 heavy (non-hydrogen) atoms. The van der Waals surface area contributed by atoms with Crippen molar-refractivity contribution in [1.82, 2.24) is 0 Å². The second-order valence-corrected chi connectivity index (χ2v) is 9.15. The molecule has 2 aliphatic rings. The molecule has 0 bridgehead atoms. The Balaban J connectivity index is 1.67. The van der Waals surface area contributed by atoms with E-state index in [0.717, 1.165) is 23.0 Å². The number of thioether (sulfide) groups is 1. The number of para-hydroxylation sites is 2. The van der Waals surface area contributed by atoms with Crippen LogP contribution in [0.2, 0.25) is 0 Å². The summed E-state index contributed by atoms with van der Waals surface area (Å²) in [5.41, 5.74) is 2.98. The molecule has 0 radical (unpaired) electrons. The third-order valence-electron chi connectivity index (χ3n) is 5.78. The van der Waals surface area contributed by atoms with Gasteiger partial charge in [0.05, 0.1) is 23.9 Å². The van der Waals surface area contributed by atoms with E-state index in [2.05, 4.69) is 0 Å². The van der Waals surface area contributed by atoms with Crippen LogP contribution in [0.4, 0.5) is 11.4 Å². The smallest absolute Gasteiger partial charge is 0.305 e. The fourth-order valence-corrected chi connectivity index (χ4v) is 6.09. The fraction of sp³-hybridized carbons (Fsp3) is 0.160. The Bertz CT molecular complexity index is 1200. The van der Waals surface area contributed by atoms with Crippen LogP contribution in [0.15, 0.2) is 84.9 Å². The van der Waals surface area contributed by atoms with Gasteiger partial charge in [0.1, 0.15) is 0 Å². The van der Waals surface area contributed by atoms with Crippen molar-refractivity contribution >= 4 is 40.9 Å². The predicted octanol–water partition coefficient (Wildman–Crippen LogP) is 4.01. The number of rotatable bonds is 5. The number of anilines is 2. The van der Waals surface area contributed by atoms with Gasteiger partial charge in [0.25, 0.3) is 5.91 Å². The summed E-state index contributed by atoms with van der Waals surface area (Å²) in [5, 5.41) is 8.55. The number of fused-ring (bicyclic) bond motifs is 2. The van der Waals surface area contributed by atoms with Crippen LogP contribution in [0, 0.1) is 0 Å². The topological polar surface area (TPSA) is 77.9 Å². The zero-order valence-corrected chi connectivity index (χ0v) is 17.9. The van der Waals surface area contributed by atoms with Crippen LogP contribution in [0.1, 0.15) is 17.5 Å². The number of hydrogen-bond donors (Lipinski definition) is 1. The summed E-state index contributed by atoms with van der Waals surface area (Å²) in [6.45, 7) is 0.361. The Labute approximate surface area is 189 Å². The molecule has 3 aromatic carbocycles. The summed E-state index contributed by atoms with van der Waals surface area (Å²) in [4.78, 5) is 41.0. The second kappa shape index (κ2) is 7.84. The molecule has 1 saturated heterocycles. The third-order valence-corrected chi connectivity index (χ3v) is 7.35. The van der Waals surface area contributed by atoms with Crippen molar-refractivity contribution in [3.05, 3.63) is 96.1 Å². The first kappa shape index (κ1) is 20.3. The fourth-order valence-electron chi connectivity index (χ4n) is 4.44. The molecule has 0 aromatic heterocycles. The largest absolute Gasteiger partial charge is 0.481 e. The molecule has 2 heterocycles. The van der Waals surface area contributed by atoms with Gasteiger partial charge >= 0.3 is 5.97 Å². The Morgan fingerprint density at radius 2 is 1.53 bits per heavy atom. The van der Waals surface area contributed by atoms with Gasteiger partial charge in [0.15, 0.2) is 0 Å². The Morgan fingerprint density at radius 3 is 2.22 bits per heavy atom. The number of carbonyl (C=O) groups is 3. The van der Waals surface area contributed by atoms with Gasteiger partial charge in [-0.3, -0.25) is 19.3 Å². The lowest BCUT2D eigenvalue weighted by Gasteiger charge is -2.33. The molecule has 1 fully saturated rings. The highest BCUT2D eigenvalue weighted by molar-refractivity contribution is 8.03. The van der Waals surface area contributed by atoms with Gasteiger partial charge in [-0.15, -0.1) is 11.8 Å². The number of hydrogen-bond acceptors (Lipinski definition) is 4. The van der Waals surface area contributed by atoms with E-state index in [0.29, 0.717) is 17.8 Å². The molecule has 160 valence electrons. The summed E-state index contributed by atoms with van der Waals surface area (Å²) < 4.78 is 0. The minimum Gasteiger partial charge on any atom is -0.481 e. The average Bonchev–Trinajstić information content (AvgIpc) is 3.22. The van der Waals surface area contributed by atoms with Crippen molar-refractivity contribution in [3.8, 4) is 0 Å². The number of nitrogens with zero attached hydrogens (tertiary/aromatic N) is 2. The first-order valence-electron chi connectivity index (χ1n) is 10.3. The zero-order chi connectivity index (χ0) is 22.3. The first-order chi connectivity index (χ1) is 15.5. The summed E-state index contributed by atoms with van der Waals surface area (Å²) in [5.74, 6) is -1.67. The molecular weight excluding hydrogens is 424 g/mol. The van der Waals surface area contributed by atoms with Crippen molar-refractivity contribution in [1.29, 1.82) is 0 Å². The number of benzene rings is 3. The highest BCUT2D eigenvalue weighted by Gasteiger charge is 2.64. The van der Waals surface area contributed by atoms with Gasteiger partial charge in [-0.05, 0) is 23.8 Å². The molecule has 1 spiro atoms. The maximum atomic E-state index is 14.1. The van der Waals surface area contributed by atoms with Crippen LogP contribution in [-0.2, 0) is 25.8 Å². The highest BCUT2D eigenvalue weighted by atomic mass is 32.2. The molecule has 1 N–H and O–H groups in total. The Kier molecular flexibility index (Phi) is 4.98. The molecular formula is C25H20N2O4S. The minimum absolute atomic E-state index is 0.238. The van der Waals surface area contributed by atoms with E-state index in [1.807, 2.05) is 60.7 Å².